The van der Waals surface area contributed by atoms with Crippen LogP contribution in [0.2, 0.25) is 0 Å². The highest BCUT2D eigenvalue weighted by Gasteiger charge is 2.31. The van der Waals surface area contributed by atoms with Gasteiger partial charge in [0.05, 0.1) is 27.4 Å². The largest absolute Gasteiger partial charge is 0.467 e. The molecule has 22 heavy (non-hydrogen) atoms. The van der Waals surface area contributed by atoms with E-state index in [4.69, 9.17) is 18.9 Å². The van der Waals surface area contributed by atoms with E-state index in [-0.39, 0.29) is 24.5 Å². The molecule has 2 unspecified atom stereocenters. The van der Waals surface area contributed by atoms with Gasteiger partial charge in [0.2, 0.25) is 0 Å². The summed E-state index contributed by atoms with van der Waals surface area (Å²) in [5.74, 6) is -0.720. The maximum absolute atomic E-state index is 10.8. The van der Waals surface area contributed by atoms with Crippen molar-refractivity contribution in [1.29, 1.82) is 0 Å². The Hall–Kier alpha value is -1.22. The molecule has 2 saturated heterocycles. The summed E-state index contributed by atoms with van der Waals surface area (Å²) >= 11 is 0. The van der Waals surface area contributed by atoms with Gasteiger partial charge in [-0.25, -0.2) is 9.59 Å². The van der Waals surface area contributed by atoms with E-state index in [0.717, 1.165) is 12.8 Å². The summed E-state index contributed by atoms with van der Waals surface area (Å²) < 4.78 is 29.5. The predicted octanol–water partition coefficient (Wildman–Crippen LogP) is 0.622. The topological polar surface area (TPSA) is 89.5 Å². The Kier molecular flexibility index (Phi) is 8.32. The molecule has 0 aromatic rings. The maximum atomic E-state index is 10.8. The molecule has 0 aromatic carbocycles. The predicted molar refractivity (Wildman–Crippen MR) is 73.8 cm³/mol. The number of hydrogen-bond acceptors (Lipinski definition) is 8. The minimum absolute atomic E-state index is 0.237. The van der Waals surface area contributed by atoms with Crippen molar-refractivity contribution in [2.75, 3.05) is 27.4 Å². The van der Waals surface area contributed by atoms with E-state index in [1.54, 1.807) is 0 Å². The number of carbonyl (C=O) groups excluding carboxylic acids is 2. The first kappa shape index (κ1) is 18.8. The summed E-state index contributed by atoms with van der Waals surface area (Å²) in [5, 5.41) is 0. The van der Waals surface area contributed by atoms with Gasteiger partial charge in [0.15, 0.2) is 24.8 Å². The molecule has 0 amide bonds. The lowest BCUT2D eigenvalue weighted by Gasteiger charge is -2.06. The molecule has 8 nitrogen and oxygen atoms in total. The molecular weight excluding hydrogens is 296 g/mol. The van der Waals surface area contributed by atoms with Gasteiger partial charge in [-0.05, 0) is 12.8 Å². The fourth-order valence-corrected chi connectivity index (χ4v) is 1.85. The number of rotatable bonds is 4. The van der Waals surface area contributed by atoms with Crippen molar-refractivity contribution in [1.82, 2.24) is 0 Å². The zero-order valence-electron chi connectivity index (χ0n) is 13.4. The van der Waals surface area contributed by atoms with Gasteiger partial charge in [-0.15, -0.1) is 0 Å². The highest BCUT2D eigenvalue weighted by Crippen LogP contribution is 2.15. The molecule has 0 spiro atoms. The second-order valence-corrected chi connectivity index (χ2v) is 4.64. The number of methoxy groups -OCH3 is 2. The Labute approximate surface area is 129 Å². The van der Waals surface area contributed by atoms with Crippen LogP contribution in [0.3, 0.4) is 0 Å². The van der Waals surface area contributed by atoms with Crippen LogP contribution in [-0.4, -0.2) is 64.2 Å². The van der Waals surface area contributed by atoms with Crippen LogP contribution >= 0.6 is 0 Å². The number of hydrogen-bond donors (Lipinski definition) is 0. The van der Waals surface area contributed by atoms with Crippen LogP contribution in [0.4, 0.5) is 0 Å². The fraction of sp³-hybridized carbons (Fsp3) is 0.857. The van der Waals surface area contributed by atoms with Crippen molar-refractivity contribution in [3.8, 4) is 0 Å². The van der Waals surface area contributed by atoms with Crippen molar-refractivity contribution >= 4 is 11.9 Å². The van der Waals surface area contributed by atoms with E-state index >= 15 is 0 Å². The van der Waals surface area contributed by atoms with E-state index in [0.29, 0.717) is 13.2 Å². The summed E-state index contributed by atoms with van der Waals surface area (Å²) in [7, 11) is 2.68. The molecule has 0 aromatic heterocycles. The Morgan fingerprint density at radius 3 is 1.45 bits per heavy atom. The first-order chi connectivity index (χ1) is 10.5. The lowest BCUT2D eigenvalue weighted by molar-refractivity contribution is -0.154. The number of ether oxygens (including phenoxy) is 6. The monoisotopic (exact) mass is 320 g/mol. The molecular formula is C14H24O8. The van der Waals surface area contributed by atoms with E-state index in [1.165, 1.54) is 14.2 Å². The van der Waals surface area contributed by atoms with Gasteiger partial charge in [-0.3, -0.25) is 0 Å². The molecule has 2 fully saturated rings. The maximum Gasteiger partial charge on any atom is 0.337 e. The van der Waals surface area contributed by atoms with Crippen LogP contribution in [0.15, 0.2) is 0 Å². The number of carbonyl (C=O) groups is 2. The average molecular weight is 320 g/mol. The quantitative estimate of drug-likeness (QED) is 0.697. The molecule has 128 valence electrons. The summed E-state index contributed by atoms with van der Waals surface area (Å²) in [5.41, 5.74) is 0. The van der Waals surface area contributed by atoms with Gasteiger partial charge in [0.1, 0.15) is 0 Å². The van der Waals surface area contributed by atoms with Crippen LogP contribution < -0.4 is 0 Å². The van der Waals surface area contributed by atoms with Crippen molar-refractivity contribution in [3.63, 3.8) is 0 Å². The molecule has 0 radical (unpaired) electrons. The van der Waals surface area contributed by atoms with E-state index in [1.807, 2.05) is 13.8 Å². The molecule has 2 aliphatic heterocycles. The molecule has 0 aliphatic carbocycles. The van der Waals surface area contributed by atoms with Gasteiger partial charge < -0.3 is 28.4 Å². The third-order valence-electron chi connectivity index (χ3n) is 3.09. The molecule has 4 atom stereocenters. The molecule has 0 N–H and O–H groups in total. The van der Waals surface area contributed by atoms with Crippen LogP contribution in [-0.2, 0) is 38.0 Å². The standard InChI is InChI=1S/2C7H12O4/c2*1-3-6-10-4-5(11-6)7(8)9-2/h2*5-6H,3-4H2,1-2H3/t2*5-,6?/m10/s1. The molecule has 2 rings (SSSR count). The summed E-state index contributed by atoms with van der Waals surface area (Å²) in [6.45, 7) is 4.49. The molecule has 0 saturated carbocycles. The SMILES string of the molecule is CCC1OC[C@@H](C(=O)OC)O1.CCC1OC[C@H](C(=O)OC)O1. The van der Waals surface area contributed by atoms with Gasteiger partial charge in [-0.2, -0.15) is 0 Å². The molecule has 0 bridgehead atoms. The molecule has 2 aliphatic rings. The van der Waals surface area contributed by atoms with Crippen molar-refractivity contribution in [2.24, 2.45) is 0 Å². The second-order valence-electron chi connectivity index (χ2n) is 4.64. The van der Waals surface area contributed by atoms with Crippen LogP contribution in [0, 0.1) is 0 Å². The third kappa shape index (κ3) is 5.53. The van der Waals surface area contributed by atoms with Gasteiger partial charge in [-0.1, -0.05) is 13.8 Å². The minimum atomic E-state index is -0.523. The van der Waals surface area contributed by atoms with Gasteiger partial charge in [0, 0.05) is 0 Å². The van der Waals surface area contributed by atoms with Crippen molar-refractivity contribution < 1.29 is 38.0 Å². The smallest absolute Gasteiger partial charge is 0.337 e. The minimum Gasteiger partial charge on any atom is -0.467 e. The summed E-state index contributed by atoms with van der Waals surface area (Å²) in [4.78, 5) is 21.7. The van der Waals surface area contributed by atoms with Crippen LogP contribution in [0.25, 0.3) is 0 Å². The first-order valence-corrected chi connectivity index (χ1v) is 7.25. The Balaban J connectivity index is 0.000000220. The van der Waals surface area contributed by atoms with Gasteiger partial charge >= 0.3 is 11.9 Å². The highest BCUT2D eigenvalue weighted by molar-refractivity contribution is 5.75. The lowest BCUT2D eigenvalue weighted by Crippen LogP contribution is -2.24. The summed E-state index contributed by atoms with van der Waals surface area (Å²) in [6, 6.07) is 0. The van der Waals surface area contributed by atoms with Crippen LogP contribution in [0.1, 0.15) is 26.7 Å². The Morgan fingerprint density at radius 1 is 0.864 bits per heavy atom. The fourth-order valence-electron chi connectivity index (χ4n) is 1.85. The zero-order valence-corrected chi connectivity index (χ0v) is 13.4. The Bertz CT molecular complexity index is 325. The van der Waals surface area contributed by atoms with E-state index < -0.39 is 12.2 Å². The second kappa shape index (κ2) is 9.73. The molecule has 8 heteroatoms. The van der Waals surface area contributed by atoms with Gasteiger partial charge in [0.25, 0.3) is 0 Å². The van der Waals surface area contributed by atoms with Crippen molar-refractivity contribution in [2.45, 2.75) is 51.5 Å². The van der Waals surface area contributed by atoms with Crippen LogP contribution in [0.5, 0.6) is 0 Å². The Morgan fingerprint density at radius 2 is 1.23 bits per heavy atom. The average Bonchev–Trinajstić information content (AvgIpc) is 3.22. The molecule has 2 heterocycles. The third-order valence-corrected chi connectivity index (χ3v) is 3.09. The zero-order chi connectivity index (χ0) is 16.5. The van der Waals surface area contributed by atoms with E-state index in [9.17, 15) is 9.59 Å². The summed E-state index contributed by atoms with van der Waals surface area (Å²) in [6.07, 6.45) is -0.00541. The highest BCUT2D eigenvalue weighted by atomic mass is 16.7. The normalized spacial score (nSPS) is 30.4. The first-order valence-electron chi connectivity index (χ1n) is 7.25. The van der Waals surface area contributed by atoms with Crippen molar-refractivity contribution in [3.05, 3.63) is 0 Å². The van der Waals surface area contributed by atoms with E-state index in [2.05, 4.69) is 9.47 Å². The lowest BCUT2D eigenvalue weighted by atomic mass is 10.4. The number of esters is 2.